The highest BCUT2D eigenvalue weighted by Gasteiger charge is 1.98. The van der Waals surface area contributed by atoms with Gasteiger partial charge in [0, 0.05) is 7.05 Å². The van der Waals surface area contributed by atoms with Crippen molar-refractivity contribution in [3.05, 3.63) is 12.2 Å². The van der Waals surface area contributed by atoms with Crippen molar-refractivity contribution in [2.24, 2.45) is 7.05 Å². The fourth-order valence-corrected chi connectivity index (χ4v) is 1.19. The molecular formula is C9H19N5. The third-order valence-corrected chi connectivity index (χ3v) is 2.05. The third kappa shape index (κ3) is 3.85. The summed E-state index contributed by atoms with van der Waals surface area (Å²) in [4.78, 5) is 2.18. The van der Waals surface area contributed by atoms with Gasteiger partial charge in [0.15, 0.2) is 0 Å². The van der Waals surface area contributed by atoms with Crippen LogP contribution in [0, 0.1) is 0 Å². The maximum atomic E-state index is 3.99. The molecule has 0 aromatic carbocycles. The Labute approximate surface area is 85.1 Å². The van der Waals surface area contributed by atoms with Crippen LogP contribution < -0.4 is 5.32 Å². The van der Waals surface area contributed by atoms with Gasteiger partial charge in [0.1, 0.15) is 12.2 Å². The lowest BCUT2D eigenvalue weighted by Gasteiger charge is -2.09. The first-order chi connectivity index (χ1) is 6.70. The van der Waals surface area contributed by atoms with Gasteiger partial charge in [-0.05, 0) is 33.6 Å². The minimum absolute atomic E-state index is 0.796. The first-order valence-electron chi connectivity index (χ1n) is 4.88. The van der Waals surface area contributed by atoms with E-state index in [0.29, 0.717) is 0 Å². The molecular weight excluding hydrogens is 178 g/mol. The summed E-state index contributed by atoms with van der Waals surface area (Å²) in [6, 6.07) is 0. The Kier molecular flexibility index (Phi) is 4.55. The minimum atomic E-state index is 0.796. The molecule has 5 nitrogen and oxygen atoms in total. The van der Waals surface area contributed by atoms with Crippen molar-refractivity contribution in [3.63, 3.8) is 0 Å². The van der Waals surface area contributed by atoms with E-state index in [1.807, 2.05) is 11.6 Å². The second kappa shape index (κ2) is 5.72. The van der Waals surface area contributed by atoms with Crippen LogP contribution in [0.4, 0.5) is 0 Å². The minimum Gasteiger partial charge on any atom is -0.320 e. The Balaban J connectivity index is 2.08. The van der Waals surface area contributed by atoms with E-state index in [9.17, 15) is 0 Å². The molecule has 1 aromatic rings. The fraction of sp³-hybridized carbons (Fsp3) is 0.778. The Morgan fingerprint density at radius 3 is 2.86 bits per heavy atom. The molecule has 80 valence electrons. The van der Waals surface area contributed by atoms with Crippen molar-refractivity contribution in [3.8, 4) is 0 Å². The average Bonchev–Trinajstić information content (AvgIpc) is 2.51. The molecule has 0 amide bonds. The predicted octanol–water partition coefficient (Wildman–Crippen LogP) is -0.144. The van der Waals surface area contributed by atoms with Gasteiger partial charge >= 0.3 is 0 Å². The molecule has 14 heavy (non-hydrogen) atoms. The summed E-state index contributed by atoms with van der Waals surface area (Å²) in [5, 5.41) is 11.1. The third-order valence-electron chi connectivity index (χ3n) is 2.05. The topological polar surface area (TPSA) is 46.0 Å². The molecule has 0 spiro atoms. The highest BCUT2D eigenvalue weighted by atomic mass is 15.3. The van der Waals surface area contributed by atoms with Crippen LogP contribution in [0.2, 0.25) is 0 Å². The first-order valence-corrected chi connectivity index (χ1v) is 4.88. The summed E-state index contributed by atoms with van der Waals surface area (Å²) in [6.07, 6.45) is 2.88. The van der Waals surface area contributed by atoms with Crippen LogP contribution in [0.5, 0.6) is 0 Å². The van der Waals surface area contributed by atoms with Crippen molar-refractivity contribution in [2.75, 3.05) is 27.2 Å². The molecule has 0 bridgehead atoms. The largest absolute Gasteiger partial charge is 0.320 e. The Morgan fingerprint density at radius 1 is 1.50 bits per heavy atom. The van der Waals surface area contributed by atoms with E-state index in [1.165, 1.54) is 0 Å². The molecule has 0 aliphatic carbocycles. The first kappa shape index (κ1) is 11.1. The van der Waals surface area contributed by atoms with Crippen LogP contribution in [0.25, 0.3) is 0 Å². The van der Waals surface area contributed by atoms with Crippen LogP contribution in [-0.4, -0.2) is 46.8 Å². The van der Waals surface area contributed by atoms with Gasteiger partial charge in [0.2, 0.25) is 0 Å². The number of rotatable bonds is 6. The van der Waals surface area contributed by atoms with Crippen LogP contribution in [0.1, 0.15) is 12.2 Å². The summed E-state index contributed by atoms with van der Waals surface area (Å²) in [7, 11) is 6.13. The Bertz CT molecular complexity index is 255. The predicted molar refractivity (Wildman–Crippen MR) is 55.9 cm³/mol. The molecule has 0 aliphatic rings. The molecule has 0 radical (unpaired) electrons. The van der Waals surface area contributed by atoms with Gasteiger partial charge in [0.25, 0.3) is 0 Å². The summed E-state index contributed by atoms with van der Waals surface area (Å²) in [5.41, 5.74) is 0. The van der Waals surface area contributed by atoms with Crippen LogP contribution in [0.15, 0.2) is 6.33 Å². The van der Waals surface area contributed by atoms with E-state index in [0.717, 1.165) is 31.9 Å². The number of nitrogens with one attached hydrogen (secondary N) is 1. The molecule has 0 saturated carbocycles. The van der Waals surface area contributed by atoms with E-state index < -0.39 is 0 Å². The van der Waals surface area contributed by atoms with Crippen molar-refractivity contribution in [1.82, 2.24) is 25.0 Å². The monoisotopic (exact) mass is 197 g/mol. The van der Waals surface area contributed by atoms with E-state index in [-0.39, 0.29) is 0 Å². The van der Waals surface area contributed by atoms with Crippen molar-refractivity contribution in [1.29, 1.82) is 0 Å². The smallest absolute Gasteiger partial charge is 0.146 e. The summed E-state index contributed by atoms with van der Waals surface area (Å²) < 4.78 is 1.93. The molecule has 1 N–H and O–H groups in total. The second-order valence-electron chi connectivity index (χ2n) is 3.69. The number of aromatic nitrogens is 3. The zero-order valence-electron chi connectivity index (χ0n) is 9.19. The van der Waals surface area contributed by atoms with Crippen molar-refractivity contribution < 1.29 is 0 Å². The molecule has 1 heterocycles. The summed E-state index contributed by atoms with van der Waals surface area (Å²) in [6.45, 7) is 2.93. The lowest BCUT2D eigenvalue weighted by molar-refractivity contribution is 0.393. The van der Waals surface area contributed by atoms with Crippen molar-refractivity contribution >= 4 is 0 Å². The second-order valence-corrected chi connectivity index (χ2v) is 3.69. The lowest BCUT2D eigenvalue weighted by atomic mass is 10.4. The standard InChI is InChI=1S/C9H19N5/c1-13(2)6-4-5-10-7-9-12-11-8-14(9)3/h8,10H,4-7H2,1-3H3. The van der Waals surface area contributed by atoms with E-state index in [4.69, 9.17) is 0 Å². The Morgan fingerprint density at radius 2 is 2.29 bits per heavy atom. The quantitative estimate of drug-likeness (QED) is 0.645. The number of aryl methyl sites for hydroxylation is 1. The molecule has 0 aliphatic heterocycles. The number of hydrogen-bond donors (Lipinski definition) is 1. The SMILES string of the molecule is CN(C)CCCNCc1nncn1C. The highest BCUT2D eigenvalue weighted by Crippen LogP contribution is 1.90. The van der Waals surface area contributed by atoms with Crippen LogP contribution in [-0.2, 0) is 13.6 Å². The average molecular weight is 197 g/mol. The van der Waals surface area contributed by atoms with Crippen molar-refractivity contribution in [2.45, 2.75) is 13.0 Å². The zero-order valence-corrected chi connectivity index (χ0v) is 9.19. The van der Waals surface area contributed by atoms with Gasteiger partial charge in [-0.15, -0.1) is 10.2 Å². The molecule has 0 atom stereocenters. The number of hydrogen-bond acceptors (Lipinski definition) is 4. The molecule has 1 rings (SSSR count). The van der Waals surface area contributed by atoms with Gasteiger partial charge in [0.05, 0.1) is 6.54 Å². The van der Waals surface area contributed by atoms with E-state index >= 15 is 0 Å². The summed E-state index contributed by atoms with van der Waals surface area (Å²) in [5.74, 6) is 0.981. The molecule has 5 heteroatoms. The Hall–Kier alpha value is -0.940. The fourth-order valence-electron chi connectivity index (χ4n) is 1.19. The van der Waals surface area contributed by atoms with Gasteiger partial charge in [-0.3, -0.25) is 0 Å². The van der Waals surface area contributed by atoms with Gasteiger partial charge in [-0.2, -0.15) is 0 Å². The maximum Gasteiger partial charge on any atom is 0.146 e. The molecule has 0 saturated heterocycles. The van der Waals surface area contributed by atoms with Gasteiger partial charge < -0.3 is 14.8 Å². The van der Waals surface area contributed by atoms with E-state index in [1.54, 1.807) is 6.33 Å². The molecule has 0 fully saturated rings. The highest BCUT2D eigenvalue weighted by molar-refractivity contribution is 4.82. The zero-order chi connectivity index (χ0) is 10.4. The normalized spacial score (nSPS) is 11.1. The van der Waals surface area contributed by atoms with Gasteiger partial charge in [-0.25, -0.2) is 0 Å². The van der Waals surface area contributed by atoms with Crippen LogP contribution >= 0.6 is 0 Å². The number of nitrogens with zero attached hydrogens (tertiary/aromatic N) is 4. The maximum absolute atomic E-state index is 3.99. The van der Waals surface area contributed by atoms with Gasteiger partial charge in [-0.1, -0.05) is 0 Å². The lowest BCUT2D eigenvalue weighted by Crippen LogP contribution is -2.22. The molecule has 0 unspecified atom stereocenters. The molecule has 1 aromatic heterocycles. The van der Waals surface area contributed by atoms with Crippen LogP contribution in [0.3, 0.4) is 0 Å². The van der Waals surface area contributed by atoms with E-state index in [2.05, 4.69) is 34.5 Å². The summed E-state index contributed by atoms with van der Waals surface area (Å²) >= 11 is 0.